The third-order valence-electron chi connectivity index (χ3n) is 4.36. The van der Waals surface area contributed by atoms with Crippen LogP contribution < -0.4 is 0 Å². The second kappa shape index (κ2) is 7.87. The second-order valence-electron chi connectivity index (χ2n) is 6.05. The molecule has 1 atom stereocenters. The molecule has 29 heavy (non-hydrogen) atoms. The van der Waals surface area contributed by atoms with Gasteiger partial charge >= 0.3 is 0 Å². The first-order valence-electron chi connectivity index (χ1n) is 7.90. The van der Waals surface area contributed by atoms with Gasteiger partial charge < -0.3 is 10.2 Å². The molecule has 0 amide bonds. The van der Waals surface area contributed by atoms with Crippen LogP contribution in [0.5, 0.6) is 11.5 Å². The van der Waals surface area contributed by atoms with E-state index in [1.165, 1.54) is 36.4 Å². The number of rotatable bonds is 4. The van der Waals surface area contributed by atoms with E-state index in [0.29, 0.717) is 0 Å². The largest absolute Gasteiger partial charge is 0.508 e. The predicted octanol–water partition coefficient (Wildman–Crippen LogP) is 5.89. The van der Waals surface area contributed by atoms with Gasteiger partial charge in [0.05, 0.1) is 5.02 Å². The Morgan fingerprint density at radius 2 is 1.28 bits per heavy atom. The van der Waals surface area contributed by atoms with Gasteiger partial charge in [-0.25, -0.2) is 0 Å². The third kappa shape index (κ3) is 3.54. The van der Waals surface area contributed by atoms with Crippen molar-refractivity contribution >= 4 is 56.5 Å². The van der Waals surface area contributed by atoms with E-state index in [-0.39, 0.29) is 31.2 Å². The Hall–Kier alpha value is -1.67. The molecule has 5 nitrogen and oxygen atoms in total. The van der Waals surface area contributed by atoms with Crippen LogP contribution in [0.15, 0.2) is 54.6 Å². The van der Waals surface area contributed by atoms with E-state index in [0.717, 1.165) is 12.1 Å². The second-order valence-corrected chi connectivity index (χ2v) is 9.25. The molecule has 0 spiro atoms. The summed E-state index contributed by atoms with van der Waals surface area (Å²) in [7, 11) is -5.19. The van der Waals surface area contributed by atoms with Gasteiger partial charge in [-0.3, -0.25) is 4.55 Å². The molecule has 0 bridgehead atoms. The minimum Gasteiger partial charge on any atom is -0.508 e. The highest BCUT2D eigenvalue weighted by Gasteiger charge is 2.54. The lowest BCUT2D eigenvalue weighted by atomic mass is 9.83. The zero-order valence-corrected chi connectivity index (χ0v) is 18.1. The fraction of sp³-hybridized carbons (Fsp3) is 0.0526. The summed E-state index contributed by atoms with van der Waals surface area (Å²) < 4.78 is 34.0. The van der Waals surface area contributed by atoms with E-state index in [1.54, 1.807) is 6.07 Å². The summed E-state index contributed by atoms with van der Waals surface area (Å²) in [6.07, 6.45) is 0. The standard InChI is InChI=1S/C19H12Cl4O5S/c20-12-5-2-1-4-11(12)19(29(26,27)28,17-13(21)6-3-7-14(17)22)18-15(23)8-10(24)9-16(18)25/h1-9,24-25H,(H,26,27,28). The zero-order chi connectivity index (χ0) is 21.6. The maximum absolute atomic E-state index is 13.0. The predicted molar refractivity (Wildman–Crippen MR) is 114 cm³/mol. The van der Waals surface area contributed by atoms with E-state index in [1.807, 2.05) is 0 Å². The molecule has 3 rings (SSSR count). The quantitative estimate of drug-likeness (QED) is 0.311. The lowest BCUT2D eigenvalue weighted by Gasteiger charge is -2.35. The minimum atomic E-state index is -5.19. The lowest BCUT2D eigenvalue weighted by molar-refractivity contribution is 0.431. The summed E-state index contributed by atoms with van der Waals surface area (Å²) in [4.78, 5) is 0. The van der Waals surface area contributed by atoms with Gasteiger partial charge in [-0.05, 0) is 24.3 Å². The zero-order valence-electron chi connectivity index (χ0n) is 14.3. The third-order valence-corrected chi connectivity index (χ3v) is 7.02. The Kier molecular flexibility index (Phi) is 5.98. The van der Waals surface area contributed by atoms with Gasteiger partial charge in [0.1, 0.15) is 11.5 Å². The highest BCUT2D eigenvalue weighted by molar-refractivity contribution is 7.87. The lowest BCUT2D eigenvalue weighted by Crippen LogP contribution is -2.39. The van der Waals surface area contributed by atoms with Gasteiger partial charge in [0, 0.05) is 37.8 Å². The van der Waals surface area contributed by atoms with Crippen LogP contribution in [0.25, 0.3) is 0 Å². The van der Waals surface area contributed by atoms with Crippen molar-refractivity contribution in [1.29, 1.82) is 0 Å². The molecular formula is C19H12Cl4O5S. The van der Waals surface area contributed by atoms with E-state index < -0.39 is 31.9 Å². The molecule has 3 N–H and O–H groups in total. The van der Waals surface area contributed by atoms with Gasteiger partial charge in [0.15, 0.2) is 4.75 Å². The van der Waals surface area contributed by atoms with Crippen molar-refractivity contribution in [3.8, 4) is 11.5 Å². The van der Waals surface area contributed by atoms with Crippen LogP contribution in [-0.2, 0) is 14.9 Å². The number of phenols is 2. The molecular weight excluding hydrogens is 482 g/mol. The number of phenolic OH excluding ortho intramolecular Hbond substituents is 2. The summed E-state index contributed by atoms with van der Waals surface area (Å²) in [6, 6.07) is 11.9. The molecule has 10 heteroatoms. The normalized spacial score (nSPS) is 13.8. The molecule has 1 unspecified atom stereocenters. The monoisotopic (exact) mass is 492 g/mol. The first kappa shape index (κ1) is 22.0. The first-order valence-corrected chi connectivity index (χ1v) is 10.9. The number of benzene rings is 3. The number of aromatic hydroxyl groups is 2. The molecule has 3 aromatic carbocycles. The Morgan fingerprint density at radius 3 is 1.79 bits per heavy atom. The summed E-state index contributed by atoms with van der Waals surface area (Å²) in [5.41, 5.74) is -0.883. The van der Waals surface area contributed by atoms with Gasteiger partial charge in [0.2, 0.25) is 0 Å². The Balaban J connectivity index is 2.71. The molecule has 152 valence electrons. The number of hydrogen-bond acceptors (Lipinski definition) is 4. The molecule has 0 saturated carbocycles. The molecule has 0 saturated heterocycles. The molecule has 0 aromatic heterocycles. The molecule has 0 aliphatic rings. The van der Waals surface area contributed by atoms with Crippen LogP contribution in [-0.4, -0.2) is 23.2 Å². The Morgan fingerprint density at radius 1 is 0.724 bits per heavy atom. The van der Waals surface area contributed by atoms with Gasteiger partial charge in [-0.15, -0.1) is 0 Å². The molecule has 0 aliphatic heterocycles. The summed E-state index contributed by atoms with van der Waals surface area (Å²) in [5, 5.41) is 19.7. The van der Waals surface area contributed by atoms with Crippen LogP contribution in [0.4, 0.5) is 0 Å². The van der Waals surface area contributed by atoms with Crippen molar-refractivity contribution in [3.63, 3.8) is 0 Å². The smallest absolute Gasteiger partial charge is 0.283 e. The molecule has 0 heterocycles. The average Bonchev–Trinajstić information content (AvgIpc) is 2.58. The van der Waals surface area contributed by atoms with E-state index in [2.05, 4.69) is 0 Å². The number of halogens is 4. The van der Waals surface area contributed by atoms with E-state index >= 15 is 0 Å². The number of hydrogen-bond donors (Lipinski definition) is 3. The van der Waals surface area contributed by atoms with Crippen molar-refractivity contribution in [3.05, 3.63) is 91.4 Å². The molecule has 0 aliphatic carbocycles. The van der Waals surface area contributed by atoms with Crippen molar-refractivity contribution < 1.29 is 23.2 Å². The van der Waals surface area contributed by atoms with Crippen LogP contribution in [0.1, 0.15) is 16.7 Å². The van der Waals surface area contributed by atoms with Gasteiger partial charge in [-0.2, -0.15) is 8.42 Å². The molecule has 0 fully saturated rings. The average molecular weight is 494 g/mol. The summed E-state index contributed by atoms with van der Waals surface area (Å²) >= 11 is 25.2. The Bertz CT molecular complexity index is 1170. The fourth-order valence-corrected chi connectivity index (χ4v) is 6.24. The Labute approximate surface area is 186 Å². The molecule has 0 radical (unpaired) electrons. The maximum Gasteiger partial charge on any atom is 0.283 e. The van der Waals surface area contributed by atoms with Crippen LogP contribution in [0.3, 0.4) is 0 Å². The van der Waals surface area contributed by atoms with Crippen molar-refractivity contribution in [2.75, 3.05) is 0 Å². The van der Waals surface area contributed by atoms with Crippen molar-refractivity contribution in [1.82, 2.24) is 0 Å². The SMILES string of the molecule is O=S(=O)(O)C(c1ccccc1Cl)(c1c(O)cc(O)cc1Cl)c1c(Cl)cccc1Cl. The van der Waals surface area contributed by atoms with E-state index in [9.17, 15) is 23.2 Å². The van der Waals surface area contributed by atoms with Gasteiger partial charge in [-0.1, -0.05) is 70.7 Å². The van der Waals surface area contributed by atoms with Crippen LogP contribution >= 0.6 is 46.4 Å². The summed E-state index contributed by atoms with van der Waals surface area (Å²) in [5.74, 6) is -1.14. The van der Waals surface area contributed by atoms with Gasteiger partial charge in [0.25, 0.3) is 10.1 Å². The van der Waals surface area contributed by atoms with Crippen LogP contribution in [0.2, 0.25) is 20.1 Å². The van der Waals surface area contributed by atoms with E-state index in [4.69, 9.17) is 46.4 Å². The molecule has 3 aromatic rings. The topological polar surface area (TPSA) is 94.8 Å². The summed E-state index contributed by atoms with van der Waals surface area (Å²) in [6.45, 7) is 0. The highest BCUT2D eigenvalue weighted by atomic mass is 35.5. The van der Waals surface area contributed by atoms with Crippen molar-refractivity contribution in [2.24, 2.45) is 0 Å². The first-order chi connectivity index (χ1) is 13.5. The highest BCUT2D eigenvalue weighted by Crippen LogP contribution is 2.55. The fourth-order valence-electron chi connectivity index (χ4n) is 3.30. The van der Waals surface area contributed by atoms with Crippen molar-refractivity contribution in [2.45, 2.75) is 4.75 Å². The van der Waals surface area contributed by atoms with Crippen LogP contribution in [0, 0.1) is 0 Å². The minimum absolute atomic E-state index is 0.0651. The maximum atomic E-state index is 13.0.